The molecule has 0 radical (unpaired) electrons. The van der Waals surface area contributed by atoms with E-state index in [4.69, 9.17) is 0 Å². The lowest BCUT2D eigenvalue weighted by atomic mass is 10.1. The van der Waals surface area contributed by atoms with Crippen molar-refractivity contribution in [3.63, 3.8) is 0 Å². The molecule has 0 bridgehead atoms. The summed E-state index contributed by atoms with van der Waals surface area (Å²) in [6, 6.07) is 0. The summed E-state index contributed by atoms with van der Waals surface area (Å²) in [5.74, 6) is 0. The van der Waals surface area contributed by atoms with E-state index in [1.165, 1.54) is 6.42 Å². The molecule has 0 aliphatic carbocycles. The largest absolute Gasteiger partial charge is 0.372 e. The predicted molar refractivity (Wildman–Crippen MR) is 89.1 cm³/mol. The smallest absolute Gasteiger partial charge is 0.0979 e. The molecule has 1 rings (SSSR count). The Kier molecular flexibility index (Phi) is 4.71. The second-order valence-corrected chi connectivity index (χ2v) is 16.6. The molecule has 0 atom stereocenters. The Hall–Kier alpha value is -0.286. The summed E-state index contributed by atoms with van der Waals surface area (Å²) >= 11 is 0. The first-order chi connectivity index (χ1) is 8.19. The highest BCUT2D eigenvalue weighted by Crippen LogP contribution is 2.40. The van der Waals surface area contributed by atoms with E-state index in [0.717, 1.165) is 13.1 Å². The molecular weight excluding hydrogens is 250 g/mol. The molecule has 0 N–H and O–H groups in total. The molecule has 3 heteroatoms. The van der Waals surface area contributed by atoms with E-state index in [1.807, 2.05) is 4.82 Å². The van der Waals surface area contributed by atoms with Crippen molar-refractivity contribution in [1.29, 1.82) is 0 Å². The third-order valence-corrected chi connectivity index (χ3v) is 12.5. The Morgan fingerprint density at radius 3 is 1.89 bits per heavy atom. The quantitative estimate of drug-likeness (QED) is 0.666. The lowest BCUT2D eigenvalue weighted by Crippen LogP contribution is -2.40. The van der Waals surface area contributed by atoms with Crippen LogP contribution in [-0.2, 0) is 0 Å². The van der Waals surface area contributed by atoms with Crippen molar-refractivity contribution in [1.82, 2.24) is 4.90 Å². The monoisotopic (exact) mass is 281 g/mol. The molecule has 0 unspecified atom stereocenters. The van der Waals surface area contributed by atoms with Crippen LogP contribution in [0.5, 0.6) is 0 Å². The maximum absolute atomic E-state index is 2.66. The molecule has 1 aliphatic rings. The van der Waals surface area contributed by atoms with Crippen molar-refractivity contribution in [2.24, 2.45) is 0 Å². The van der Waals surface area contributed by atoms with E-state index in [0.29, 0.717) is 0 Å². The number of hydrogen-bond acceptors (Lipinski definition) is 1. The van der Waals surface area contributed by atoms with Gasteiger partial charge < -0.3 is 4.90 Å². The second kappa shape index (κ2) is 5.37. The summed E-state index contributed by atoms with van der Waals surface area (Å²) in [5.41, 5.74) is 5.94. The predicted octanol–water partition coefficient (Wildman–Crippen LogP) is 4.60. The van der Waals surface area contributed by atoms with Gasteiger partial charge >= 0.3 is 0 Å². The summed E-state index contributed by atoms with van der Waals surface area (Å²) in [7, 11) is -2.50. The fourth-order valence-corrected chi connectivity index (χ4v) is 15.1. The van der Waals surface area contributed by atoms with Gasteiger partial charge in [0.2, 0.25) is 0 Å². The van der Waals surface area contributed by atoms with Crippen molar-refractivity contribution in [3.8, 4) is 0 Å². The van der Waals surface area contributed by atoms with Crippen LogP contribution in [0.25, 0.3) is 0 Å². The van der Waals surface area contributed by atoms with Crippen LogP contribution in [0.3, 0.4) is 0 Å². The minimum Gasteiger partial charge on any atom is -0.372 e. The molecule has 0 aromatic heterocycles. The van der Waals surface area contributed by atoms with Gasteiger partial charge in [-0.15, -0.1) is 0 Å². The number of nitrogens with zero attached hydrogens (tertiary/aromatic N) is 1. The lowest BCUT2D eigenvalue weighted by molar-refractivity contribution is 0.389. The topological polar surface area (TPSA) is 3.24 Å². The van der Waals surface area contributed by atoms with Crippen molar-refractivity contribution in [3.05, 3.63) is 21.8 Å². The van der Waals surface area contributed by atoms with E-state index in [2.05, 4.69) is 64.1 Å². The molecule has 0 saturated carbocycles. The molecular formula is C15H31NSi2. The molecule has 0 spiro atoms. The first kappa shape index (κ1) is 15.8. The molecule has 1 heterocycles. The zero-order valence-corrected chi connectivity index (χ0v) is 15.6. The van der Waals surface area contributed by atoms with Gasteiger partial charge in [0.15, 0.2) is 0 Å². The van der Waals surface area contributed by atoms with E-state index in [-0.39, 0.29) is 0 Å². The minimum absolute atomic E-state index is 1.13. The zero-order valence-electron chi connectivity index (χ0n) is 13.6. The Morgan fingerprint density at radius 2 is 1.56 bits per heavy atom. The van der Waals surface area contributed by atoms with Crippen LogP contribution in [0, 0.1) is 0 Å². The Bertz CT molecular complexity index is 368. The summed E-state index contributed by atoms with van der Waals surface area (Å²) in [6.45, 7) is 21.8. The van der Waals surface area contributed by atoms with Crippen molar-refractivity contribution < 1.29 is 0 Å². The SMILES string of the molecule is CCC1=C([Si](C)(C)C)[Si](C)(C)C=C1N(CC)CC. The highest BCUT2D eigenvalue weighted by molar-refractivity contribution is 7.08. The first-order valence-corrected chi connectivity index (χ1v) is 14.0. The van der Waals surface area contributed by atoms with Gasteiger partial charge in [0, 0.05) is 18.8 Å². The molecule has 0 aromatic carbocycles. The molecule has 0 fully saturated rings. The normalized spacial score (nSPS) is 19.2. The van der Waals surface area contributed by atoms with E-state index >= 15 is 0 Å². The Morgan fingerprint density at radius 1 is 1.06 bits per heavy atom. The second-order valence-electron chi connectivity index (χ2n) is 6.88. The average Bonchev–Trinajstić information content (AvgIpc) is 2.50. The maximum Gasteiger partial charge on any atom is 0.0979 e. The van der Waals surface area contributed by atoms with Crippen LogP contribution in [0.2, 0.25) is 32.7 Å². The standard InChI is InChI=1S/C15H31NSi2/c1-9-13-14(16(10-2)11-3)12-18(7,8)15(13)17(4,5)6/h12H,9-11H2,1-8H3. The van der Waals surface area contributed by atoms with Gasteiger partial charge in [-0.1, -0.05) is 50.2 Å². The molecule has 0 amide bonds. The maximum atomic E-state index is 2.66. The fraction of sp³-hybridized carbons (Fsp3) is 0.733. The van der Waals surface area contributed by atoms with Crippen LogP contribution >= 0.6 is 0 Å². The summed E-state index contributed by atoms with van der Waals surface area (Å²) in [6.07, 6.45) is 1.21. The molecule has 1 nitrogen and oxygen atoms in total. The molecule has 0 aromatic rings. The highest BCUT2D eigenvalue weighted by Gasteiger charge is 2.41. The molecule has 104 valence electrons. The van der Waals surface area contributed by atoms with Crippen LogP contribution < -0.4 is 0 Å². The van der Waals surface area contributed by atoms with Gasteiger partial charge in [-0.3, -0.25) is 0 Å². The Balaban J connectivity index is 3.35. The third kappa shape index (κ3) is 2.82. The van der Waals surface area contributed by atoms with Crippen LogP contribution in [0.15, 0.2) is 21.8 Å². The fourth-order valence-electron chi connectivity index (χ4n) is 3.64. The van der Waals surface area contributed by atoms with Gasteiger partial charge in [0.25, 0.3) is 0 Å². The number of hydrogen-bond donors (Lipinski definition) is 0. The minimum atomic E-state index is -1.31. The van der Waals surface area contributed by atoms with Gasteiger partial charge in [-0.05, 0) is 25.8 Å². The summed E-state index contributed by atoms with van der Waals surface area (Å²) < 4.78 is 0. The third-order valence-electron chi connectivity index (χ3n) is 3.96. The molecule has 0 saturated heterocycles. The molecule has 18 heavy (non-hydrogen) atoms. The molecule has 1 aliphatic heterocycles. The summed E-state index contributed by atoms with van der Waals surface area (Å²) in [4.78, 5) is 4.46. The zero-order chi connectivity index (χ0) is 14.1. The average molecular weight is 282 g/mol. The number of rotatable bonds is 5. The van der Waals surface area contributed by atoms with Crippen molar-refractivity contribution in [2.45, 2.75) is 59.9 Å². The van der Waals surface area contributed by atoms with Crippen LogP contribution in [0.1, 0.15) is 27.2 Å². The number of allylic oxidation sites excluding steroid dienone is 1. The van der Waals surface area contributed by atoms with Gasteiger partial charge in [0.1, 0.15) is 0 Å². The van der Waals surface area contributed by atoms with Crippen LogP contribution in [-0.4, -0.2) is 34.1 Å². The number of likely N-dealkylation sites (N-methyl/N-ethyl adjacent to an activating group) is 1. The van der Waals surface area contributed by atoms with E-state index in [1.54, 1.807) is 11.3 Å². The Labute approximate surface area is 116 Å². The van der Waals surface area contributed by atoms with Crippen LogP contribution in [0.4, 0.5) is 0 Å². The van der Waals surface area contributed by atoms with Crippen molar-refractivity contribution in [2.75, 3.05) is 13.1 Å². The van der Waals surface area contributed by atoms with Gasteiger partial charge in [-0.2, -0.15) is 0 Å². The van der Waals surface area contributed by atoms with E-state index < -0.39 is 16.1 Å². The highest BCUT2D eigenvalue weighted by atomic mass is 28.4. The van der Waals surface area contributed by atoms with Gasteiger partial charge in [0.05, 0.1) is 16.1 Å². The lowest BCUT2D eigenvalue weighted by Gasteiger charge is -2.31. The van der Waals surface area contributed by atoms with Crippen molar-refractivity contribution >= 4 is 16.1 Å². The van der Waals surface area contributed by atoms with Gasteiger partial charge in [-0.25, -0.2) is 0 Å². The first-order valence-electron chi connectivity index (χ1n) is 7.41. The summed E-state index contributed by atoms with van der Waals surface area (Å²) in [5, 5.41) is 0. The van der Waals surface area contributed by atoms with E-state index in [9.17, 15) is 0 Å².